The Kier molecular flexibility index (Phi) is 4.07. The zero-order valence-electron chi connectivity index (χ0n) is 11.1. The average Bonchev–Trinajstić information content (AvgIpc) is 3.13. The van der Waals surface area contributed by atoms with Gasteiger partial charge in [-0.3, -0.25) is 4.79 Å². The lowest BCUT2D eigenvalue weighted by Crippen LogP contribution is -2.27. The summed E-state index contributed by atoms with van der Waals surface area (Å²) < 4.78 is 0. The van der Waals surface area contributed by atoms with Crippen LogP contribution in [0.15, 0.2) is 24.3 Å². The molecule has 1 aliphatic carbocycles. The maximum absolute atomic E-state index is 11.5. The fourth-order valence-electron chi connectivity index (χ4n) is 1.74. The van der Waals surface area contributed by atoms with Crippen LogP contribution in [-0.2, 0) is 4.79 Å². The van der Waals surface area contributed by atoms with E-state index in [0.717, 1.165) is 24.2 Å². The first-order chi connectivity index (χ1) is 8.65. The summed E-state index contributed by atoms with van der Waals surface area (Å²) in [6.45, 7) is 0.676. The summed E-state index contributed by atoms with van der Waals surface area (Å²) in [5.74, 6) is 0.147. The molecule has 4 nitrogen and oxygen atoms in total. The molecule has 0 saturated heterocycles. The molecular weight excluding hydrogens is 226 g/mol. The highest BCUT2D eigenvalue weighted by Gasteiger charge is 2.22. The lowest BCUT2D eigenvalue weighted by Gasteiger charge is -2.14. The van der Waals surface area contributed by atoms with E-state index in [0.29, 0.717) is 19.0 Å². The Morgan fingerprint density at radius 3 is 2.83 bits per heavy atom. The summed E-state index contributed by atoms with van der Waals surface area (Å²) in [6.07, 6.45) is 2.82. The van der Waals surface area contributed by atoms with Gasteiger partial charge in [0.15, 0.2) is 0 Å². The fourth-order valence-corrected chi connectivity index (χ4v) is 1.74. The van der Waals surface area contributed by atoms with Gasteiger partial charge < -0.3 is 15.5 Å². The number of carbonyl (C=O) groups excluding carboxylic acids is 1. The molecule has 0 radical (unpaired) electrons. The third-order valence-electron chi connectivity index (χ3n) is 2.99. The first-order valence-corrected chi connectivity index (χ1v) is 6.46. The quantitative estimate of drug-likeness (QED) is 0.806. The molecule has 1 aromatic carbocycles. The Morgan fingerprint density at radius 2 is 2.17 bits per heavy atom. The van der Waals surface area contributed by atoms with E-state index >= 15 is 0 Å². The molecule has 98 valence electrons. The normalized spacial score (nSPS) is 14.1. The molecule has 18 heavy (non-hydrogen) atoms. The van der Waals surface area contributed by atoms with Gasteiger partial charge in [0, 0.05) is 44.5 Å². The predicted molar refractivity (Wildman–Crippen MR) is 75.0 cm³/mol. The Balaban J connectivity index is 1.75. The molecule has 2 N–H and O–H groups in total. The van der Waals surface area contributed by atoms with Crippen molar-refractivity contribution in [1.29, 1.82) is 0 Å². The van der Waals surface area contributed by atoms with Crippen molar-refractivity contribution in [2.45, 2.75) is 25.3 Å². The second-order valence-corrected chi connectivity index (χ2v) is 4.96. The van der Waals surface area contributed by atoms with Gasteiger partial charge in [-0.2, -0.15) is 0 Å². The van der Waals surface area contributed by atoms with Crippen molar-refractivity contribution < 1.29 is 4.79 Å². The van der Waals surface area contributed by atoms with Crippen molar-refractivity contribution in [2.24, 2.45) is 0 Å². The van der Waals surface area contributed by atoms with E-state index in [1.165, 1.54) is 0 Å². The van der Waals surface area contributed by atoms with Crippen LogP contribution in [0.2, 0.25) is 0 Å². The molecule has 0 aliphatic heterocycles. The summed E-state index contributed by atoms with van der Waals surface area (Å²) >= 11 is 0. The summed E-state index contributed by atoms with van der Waals surface area (Å²) in [4.78, 5) is 13.6. The van der Waals surface area contributed by atoms with Gasteiger partial charge in [-0.25, -0.2) is 0 Å². The first-order valence-electron chi connectivity index (χ1n) is 6.46. The molecule has 2 rings (SSSR count). The van der Waals surface area contributed by atoms with Crippen LogP contribution < -0.4 is 15.5 Å². The van der Waals surface area contributed by atoms with Crippen LogP contribution in [-0.4, -0.2) is 32.6 Å². The zero-order chi connectivity index (χ0) is 13.0. The van der Waals surface area contributed by atoms with E-state index in [2.05, 4.69) is 27.7 Å². The number of rotatable bonds is 6. The van der Waals surface area contributed by atoms with Crippen LogP contribution in [0.25, 0.3) is 0 Å². The largest absolute Gasteiger partial charge is 0.384 e. The Morgan fingerprint density at radius 1 is 1.39 bits per heavy atom. The number of carbonyl (C=O) groups is 1. The molecule has 0 aromatic heterocycles. The molecule has 1 fully saturated rings. The minimum absolute atomic E-state index is 0.147. The zero-order valence-corrected chi connectivity index (χ0v) is 11.1. The topological polar surface area (TPSA) is 44.4 Å². The van der Waals surface area contributed by atoms with Crippen LogP contribution in [0.3, 0.4) is 0 Å². The van der Waals surface area contributed by atoms with Crippen LogP contribution >= 0.6 is 0 Å². The highest BCUT2D eigenvalue weighted by molar-refractivity contribution is 5.77. The third-order valence-corrected chi connectivity index (χ3v) is 2.99. The number of nitrogens with zero attached hydrogens (tertiary/aromatic N) is 1. The summed E-state index contributed by atoms with van der Waals surface area (Å²) in [6, 6.07) is 8.63. The van der Waals surface area contributed by atoms with Crippen molar-refractivity contribution in [3.8, 4) is 0 Å². The molecule has 0 heterocycles. The van der Waals surface area contributed by atoms with Gasteiger partial charge in [-0.05, 0) is 31.0 Å². The molecule has 0 unspecified atom stereocenters. The van der Waals surface area contributed by atoms with Crippen molar-refractivity contribution in [3.63, 3.8) is 0 Å². The van der Waals surface area contributed by atoms with Gasteiger partial charge in [0.05, 0.1) is 0 Å². The Hall–Kier alpha value is -1.71. The number of nitrogens with one attached hydrogen (secondary N) is 2. The van der Waals surface area contributed by atoms with E-state index in [4.69, 9.17) is 0 Å². The average molecular weight is 247 g/mol. The van der Waals surface area contributed by atoms with E-state index in [1.54, 1.807) is 0 Å². The second kappa shape index (κ2) is 5.76. The van der Waals surface area contributed by atoms with Gasteiger partial charge in [-0.15, -0.1) is 0 Å². The number of hydrogen-bond acceptors (Lipinski definition) is 3. The van der Waals surface area contributed by atoms with Crippen molar-refractivity contribution in [2.75, 3.05) is 30.9 Å². The van der Waals surface area contributed by atoms with E-state index < -0.39 is 0 Å². The minimum Gasteiger partial charge on any atom is -0.384 e. The van der Waals surface area contributed by atoms with Gasteiger partial charge in [0.25, 0.3) is 0 Å². The third kappa shape index (κ3) is 3.95. The van der Waals surface area contributed by atoms with E-state index in [9.17, 15) is 4.79 Å². The molecule has 1 amide bonds. The van der Waals surface area contributed by atoms with E-state index in [-0.39, 0.29) is 5.91 Å². The number of anilines is 2. The van der Waals surface area contributed by atoms with Gasteiger partial charge in [0.2, 0.25) is 5.91 Å². The molecule has 1 aromatic rings. The van der Waals surface area contributed by atoms with Crippen LogP contribution in [0.5, 0.6) is 0 Å². The maximum Gasteiger partial charge on any atom is 0.221 e. The fraction of sp³-hybridized carbons (Fsp3) is 0.500. The van der Waals surface area contributed by atoms with Gasteiger partial charge in [-0.1, -0.05) is 6.07 Å². The highest BCUT2D eigenvalue weighted by Crippen LogP contribution is 2.19. The van der Waals surface area contributed by atoms with Crippen LogP contribution in [0.4, 0.5) is 11.4 Å². The summed E-state index contributed by atoms with van der Waals surface area (Å²) in [5.41, 5.74) is 2.21. The molecule has 0 spiro atoms. The molecule has 1 aliphatic rings. The molecule has 4 heteroatoms. The smallest absolute Gasteiger partial charge is 0.221 e. The monoisotopic (exact) mass is 247 g/mol. The summed E-state index contributed by atoms with van der Waals surface area (Å²) in [7, 11) is 4.03. The van der Waals surface area contributed by atoms with Crippen LogP contribution in [0, 0.1) is 0 Å². The Labute approximate surface area is 108 Å². The van der Waals surface area contributed by atoms with E-state index in [1.807, 2.05) is 26.2 Å². The van der Waals surface area contributed by atoms with Crippen LogP contribution in [0.1, 0.15) is 19.3 Å². The lowest BCUT2D eigenvalue weighted by molar-refractivity contribution is -0.120. The highest BCUT2D eigenvalue weighted by atomic mass is 16.1. The van der Waals surface area contributed by atoms with Crippen molar-refractivity contribution in [3.05, 3.63) is 24.3 Å². The molecule has 1 saturated carbocycles. The Bertz CT molecular complexity index is 413. The molecule has 0 bridgehead atoms. The number of hydrogen-bond donors (Lipinski definition) is 2. The lowest BCUT2D eigenvalue weighted by atomic mass is 10.2. The standard InChI is InChI=1S/C14H21N3O/c1-17(2)13-5-3-4-12(10-13)15-9-8-14(18)16-11-6-7-11/h3-5,10-11,15H,6-9H2,1-2H3,(H,16,18). The predicted octanol–water partition coefficient (Wildman–Crippen LogP) is 1.83. The van der Waals surface area contributed by atoms with Crippen molar-refractivity contribution in [1.82, 2.24) is 5.32 Å². The maximum atomic E-state index is 11.5. The molecule has 0 atom stereocenters. The van der Waals surface area contributed by atoms with Crippen molar-refractivity contribution >= 4 is 17.3 Å². The molecular formula is C14H21N3O. The SMILES string of the molecule is CN(C)c1cccc(NCCC(=O)NC2CC2)c1. The van der Waals surface area contributed by atoms with Gasteiger partial charge >= 0.3 is 0 Å². The second-order valence-electron chi connectivity index (χ2n) is 4.96. The minimum atomic E-state index is 0.147. The first kappa shape index (κ1) is 12.7. The van der Waals surface area contributed by atoms with Gasteiger partial charge in [0.1, 0.15) is 0 Å². The number of amides is 1. The number of benzene rings is 1. The summed E-state index contributed by atoms with van der Waals surface area (Å²) in [5, 5.41) is 6.26.